The maximum Gasteiger partial charge on any atom is 0.0870 e. The number of hydrogen-bond donors (Lipinski definition) is 0. The van der Waals surface area contributed by atoms with Gasteiger partial charge in [-0.3, -0.25) is 4.68 Å². The van der Waals surface area contributed by atoms with Crippen LogP contribution in [-0.4, -0.2) is 9.78 Å². The van der Waals surface area contributed by atoms with Gasteiger partial charge in [0.15, 0.2) is 0 Å². The lowest BCUT2D eigenvalue weighted by atomic mass is 10.4. The van der Waals surface area contributed by atoms with Gasteiger partial charge in [0.2, 0.25) is 0 Å². The van der Waals surface area contributed by atoms with Gasteiger partial charge in [-0.2, -0.15) is 5.10 Å². The molecule has 0 amide bonds. The molecule has 0 fully saturated rings. The van der Waals surface area contributed by atoms with Crippen LogP contribution in [0.15, 0.2) is 6.07 Å². The predicted octanol–water partition coefficient (Wildman–Crippen LogP) is 2.42. The molecule has 11 heavy (non-hydrogen) atoms. The molecule has 0 aliphatic carbocycles. The average molecular weight is 170 g/mol. The summed E-state index contributed by atoms with van der Waals surface area (Å²) in [6.45, 7) is 6.04. The molecule has 0 saturated carbocycles. The summed E-state index contributed by atoms with van der Waals surface area (Å²) in [6, 6.07) is 2.15. The van der Waals surface area contributed by atoms with E-state index in [0.29, 0.717) is 0 Å². The molecule has 0 spiro atoms. The van der Waals surface area contributed by atoms with Crippen molar-refractivity contribution in [2.45, 2.75) is 32.4 Å². The average Bonchev–Trinajstić information content (AvgIpc) is 2.51. The van der Waals surface area contributed by atoms with Gasteiger partial charge in [-0.15, -0.1) is 11.8 Å². The van der Waals surface area contributed by atoms with Gasteiger partial charge in [-0.1, -0.05) is 13.8 Å². The fourth-order valence-electron chi connectivity index (χ4n) is 1.06. The molecule has 62 valence electrons. The van der Waals surface area contributed by atoms with Crippen LogP contribution in [0.3, 0.4) is 0 Å². The number of rotatable bonds is 0. The Labute approximate surface area is 72.0 Å². The van der Waals surface area contributed by atoms with Crippen LogP contribution in [-0.2, 0) is 11.6 Å². The standard InChI is InChI=1S/C6H8N2S.C2H6/c1-5-2-6-3-9-4-8(6)7-5;1-2/h2H,3-4H2,1H3;1-2H3. The van der Waals surface area contributed by atoms with E-state index < -0.39 is 0 Å². The van der Waals surface area contributed by atoms with E-state index in [4.69, 9.17) is 0 Å². The fraction of sp³-hybridized carbons (Fsp3) is 0.625. The van der Waals surface area contributed by atoms with E-state index in [9.17, 15) is 0 Å². The van der Waals surface area contributed by atoms with E-state index in [2.05, 4.69) is 15.8 Å². The van der Waals surface area contributed by atoms with E-state index in [0.717, 1.165) is 17.3 Å². The van der Waals surface area contributed by atoms with E-state index in [1.807, 2.05) is 32.5 Å². The van der Waals surface area contributed by atoms with Gasteiger partial charge in [-0.25, -0.2) is 0 Å². The largest absolute Gasteiger partial charge is 0.258 e. The first-order chi connectivity index (χ1) is 5.36. The molecule has 0 bridgehead atoms. The van der Waals surface area contributed by atoms with Crippen LogP contribution in [0, 0.1) is 6.92 Å². The summed E-state index contributed by atoms with van der Waals surface area (Å²) in [4.78, 5) is 0. The van der Waals surface area contributed by atoms with Crippen molar-refractivity contribution in [2.75, 3.05) is 0 Å². The molecular formula is C8H14N2S. The van der Waals surface area contributed by atoms with Gasteiger partial charge in [0.05, 0.1) is 11.6 Å². The summed E-state index contributed by atoms with van der Waals surface area (Å²) >= 11 is 1.92. The summed E-state index contributed by atoms with van der Waals surface area (Å²) in [5.74, 6) is 2.18. The van der Waals surface area contributed by atoms with Gasteiger partial charge in [0.25, 0.3) is 0 Å². The third-order valence-corrected chi connectivity index (χ3v) is 2.38. The van der Waals surface area contributed by atoms with Crippen LogP contribution in [0.25, 0.3) is 0 Å². The second-order valence-electron chi connectivity index (χ2n) is 2.25. The number of hydrogen-bond acceptors (Lipinski definition) is 2. The number of fused-ring (bicyclic) bond motifs is 1. The number of aromatic nitrogens is 2. The Morgan fingerprint density at radius 3 is 2.91 bits per heavy atom. The molecule has 0 saturated heterocycles. The lowest BCUT2D eigenvalue weighted by Crippen LogP contribution is -1.92. The van der Waals surface area contributed by atoms with Crippen molar-refractivity contribution in [2.24, 2.45) is 0 Å². The maximum absolute atomic E-state index is 4.29. The normalized spacial score (nSPS) is 13.7. The van der Waals surface area contributed by atoms with E-state index in [-0.39, 0.29) is 0 Å². The van der Waals surface area contributed by atoms with Crippen LogP contribution in [0.4, 0.5) is 0 Å². The van der Waals surface area contributed by atoms with Crippen molar-refractivity contribution >= 4 is 11.8 Å². The minimum Gasteiger partial charge on any atom is -0.258 e. The molecule has 1 aliphatic rings. The topological polar surface area (TPSA) is 17.8 Å². The maximum atomic E-state index is 4.29. The number of aryl methyl sites for hydroxylation is 1. The molecule has 1 aliphatic heterocycles. The molecule has 2 heterocycles. The lowest BCUT2D eigenvalue weighted by molar-refractivity contribution is 0.733. The molecule has 0 unspecified atom stereocenters. The summed E-state index contributed by atoms with van der Waals surface area (Å²) in [5.41, 5.74) is 2.52. The molecule has 0 radical (unpaired) electrons. The van der Waals surface area contributed by atoms with Crippen LogP contribution in [0.5, 0.6) is 0 Å². The quantitative estimate of drug-likeness (QED) is 0.595. The highest BCUT2D eigenvalue weighted by atomic mass is 32.2. The fourth-order valence-corrected chi connectivity index (χ4v) is 1.99. The first kappa shape index (κ1) is 8.65. The molecule has 3 heteroatoms. The van der Waals surface area contributed by atoms with Gasteiger partial charge in [0, 0.05) is 11.4 Å². The molecule has 0 atom stereocenters. The minimum atomic E-state index is 1.04. The number of thioether (sulfide) groups is 1. The van der Waals surface area contributed by atoms with Crippen molar-refractivity contribution in [1.82, 2.24) is 9.78 Å². The Kier molecular flexibility index (Phi) is 3.00. The summed E-state index contributed by atoms with van der Waals surface area (Å²) < 4.78 is 2.07. The third kappa shape index (κ3) is 1.77. The van der Waals surface area contributed by atoms with Crippen molar-refractivity contribution in [1.29, 1.82) is 0 Å². The van der Waals surface area contributed by atoms with Crippen molar-refractivity contribution in [3.63, 3.8) is 0 Å². The lowest BCUT2D eigenvalue weighted by Gasteiger charge is -1.87. The zero-order chi connectivity index (χ0) is 8.27. The summed E-state index contributed by atoms with van der Waals surface area (Å²) in [7, 11) is 0. The van der Waals surface area contributed by atoms with Crippen molar-refractivity contribution in [3.05, 3.63) is 17.5 Å². The molecule has 1 aromatic heterocycles. The zero-order valence-corrected chi connectivity index (χ0v) is 8.11. The first-order valence-electron chi connectivity index (χ1n) is 3.97. The highest BCUT2D eigenvalue weighted by molar-refractivity contribution is 7.97. The van der Waals surface area contributed by atoms with Crippen molar-refractivity contribution in [3.8, 4) is 0 Å². The highest BCUT2D eigenvalue weighted by Crippen LogP contribution is 2.22. The van der Waals surface area contributed by atoms with Gasteiger partial charge < -0.3 is 0 Å². The number of nitrogens with zero attached hydrogens (tertiary/aromatic N) is 2. The Bertz CT molecular complexity index is 208. The zero-order valence-electron chi connectivity index (χ0n) is 7.29. The van der Waals surface area contributed by atoms with Crippen LogP contribution in [0.1, 0.15) is 25.2 Å². The summed E-state index contributed by atoms with van der Waals surface area (Å²) in [6.07, 6.45) is 0. The van der Waals surface area contributed by atoms with E-state index >= 15 is 0 Å². The second kappa shape index (κ2) is 3.81. The van der Waals surface area contributed by atoms with Crippen molar-refractivity contribution < 1.29 is 0 Å². The molecule has 0 N–H and O–H groups in total. The molecule has 2 rings (SSSR count). The second-order valence-corrected chi connectivity index (χ2v) is 3.21. The molecular weight excluding hydrogens is 156 g/mol. The summed E-state index contributed by atoms with van der Waals surface area (Å²) in [5, 5.41) is 4.29. The Balaban J connectivity index is 0.000000281. The smallest absolute Gasteiger partial charge is 0.0870 e. The highest BCUT2D eigenvalue weighted by Gasteiger charge is 2.10. The van der Waals surface area contributed by atoms with Gasteiger partial charge >= 0.3 is 0 Å². The Morgan fingerprint density at radius 2 is 2.27 bits per heavy atom. The third-order valence-electron chi connectivity index (χ3n) is 1.45. The minimum absolute atomic E-state index is 1.04. The Morgan fingerprint density at radius 1 is 1.55 bits per heavy atom. The SMILES string of the molecule is CC.Cc1cc2n(n1)CSC2. The van der Waals surface area contributed by atoms with Gasteiger partial charge in [0.1, 0.15) is 0 Å². The van der Waals surface area contributed by atoms with Gasteiger partial charge in [-0.05, 0) is 13.0 Å². The van der Waals surface area contributed by atoms with E-state index in [1.165, 1.54) is 5.69 Å². The van der Waals surface area contributed by atoms with Crippen LogP contribution >= 0.6 is 11.8 Å². The van der Waals surface area contributed by atoms with Crippen LogP contribution < -0.4 is 0 Å². The van der Waals surface area contributed by atoms with E-state index in [1.54, 1.807) is 0 Å². The molecule has 2 nitrogen and oxygen atoms in total. The monoisotopic (exact) mass is 170 g/mol. The predicted molar refractivity (Wildman–Crippen MR) is 49.6 cm³/mol. The van der Waals surface area contributed by atoms with Crippen LogP contribution in [0.2, 0.25) is 0 Å². The Hall–Kier alpha value is -0.440. The first-order valence-corrected chi connectivity index (χ1v) is 5.13. The molecule has 0 aromatic carbocycles. The molecule has 1 aromatic rings.